The number of nitrogens with one attached hydrogen (secondary N) is 5. The standard InChI is InChI=1S/C21H34N6O14/c1-8(30)16(21(40)41)27-19(38)10(2-3-14(32)33)25-20(39)11(4-15(34)35)24-13(31)5-23-18(37)12(7-29)26-17(36)9(22)6-28/h8-12,16,28-30H,2-7,22H2,1H3,(H,23,37)(H,24,31)(H,25,39)(H,26,36)(H,27,38)(H,32,33)(H,34,35)(H,40,41)/t8-,9+,10+,11+,12+,16+/m1/s1. The number of carboxylic acids is 3. The number of aliphatic hydroxyl groups is 3. The second-order valence-corrected chi connectivity index (χ2v) is 8.53. The second kappa shape index (κ2) is 18.0. The smallest absolute Gasteiger partial charge is 0.328 e. The Bertz CT molecular complexity index is 990. The van der Waals surface area contributed by atoms with E-state index in [2.05, 4.69) is 0 Å². The fourth-order valence-corrected chi connectivity index (χ4v) is 2.93. The molecule has 6 atom stereocenters. The maximum absolute atomic E-state index is 12.8. The molecule has 13 N–H and O–H groups in total. The van der Waals surface area contributed by atoms with E-state index in [1.54, 1.807) is 0 Å². The van der Waals surface area contributed by atoms with E-state index in [0.717, 1.165) is 6.92 Å². The van der Waals surface area contributed by atoms with E-state index in [-0.39, 0.29) is 0 Å². The number of aliphatic hydroxyl groups excluding tert-OH is 3. The van der Waals surface area contributed by atoms with Crippen molar-refractivity contribution in [2.75, 3.05) is 19.8 Å². The average Bonchev–Trinajstić information content (AvgIpc) is 2.88. The second-order valence-electron chi connectivity index (χ2n) is 8.53. The van der Waals surface area contributed by atoms with Crippen molar-refractivity contribution < 1.29 is 69.0 Å². The van der Waals surface area contributed by atoms with Gasteiger partial charge in [0.15, 0.2) is 6.04 Å². The molecule has 20 nitrogen and oxygen atoms in total. The summed E-state index contributed by atoms with van der Waals surface area (Å²) in [4.78, 5) is 95.0. The molecule has 232 valence electrons. The monoisotopic (exact) mass is 594 g/mol. The Morgan fingerprint density at radius 3 is 1.73 bits per heavy atom. The molecular formula is C21H34N6O14. The summed E-state index contributed by atoms with van der Waals surface area (Å²) in [5, 5.41) is 64.8. The van der Waals surface area contributed by atoms with E-state index < -0.39 is 123 Å². The van der Waals surface area contributed by atoms with Crippen molar-refractivity contribution in [2.24, 2.45) is 5.73 Å². The van der Waals surface area contributed by atoms with Crippen LogP contribution in [0.1, 0.15) is 26.2 Å². The molecule has 0 heterocycles. The van der Waals surface area contributed by atoms with Gasteiger partial charge in [0.05, 0.1) is 32.3 Å². The molecule has 0 saturated heterocycles. The molecule has 0 spiro atoms. The number of rotatable bonds is 19. The Labute approximate surface area is 231 Å². The summed E-state index contributed by atoms with van der Waals surface area (Å²) in [6, 6.07) is -8.43. The molecule has 0 aromatic carbocycles. The highest BCUT2D eigenvalue weighted by atomic mass is 16.4. The van der Waals surface area contributed by atoms with Crippen LogP contribution in [0.25, 0.3) is 0 Å². The molecule has 5 amide bonds. The van der Waals surface area contributed by atoms with Crippen molar-refractivity contribution in [1.82, 2.24) is 26.6 Å². The molecule has 0 saturated carbocycles. The highest BCUT2D eigenvalue weighted by Gasteiger charge is 2.32. The van der Waals surface area contributed by atoms with Crippen LogP contribution in [0.4, 0.5) is 0 Å². The lowest BCUT2D eigenvalue weighted by Gasteiger charge is -2.24. The van der Waals surface area contributed by atoms with E-state index in [9.17, 15) is 48.6 Å². The van der Waals surface area contributed by atoms with Crippen molar-refractivity contribution in [3.63, 3.8) is 0 Å². The van der Waals surface area contributed by atoms with Crippen LogP contribution in [0.2, 0.25) is 0 Å². The fourth-order valence-electron chi connectivity index (χ4n) is 2.93. The van der Waals surface area contributed by atoms with Crippen LogP contribution < -0.4 is 32.3 Å². The SMILES string of the molecule is C[C@@H](O)[C@H](NC(=O)[C@H](CCC(=O)O)NC(=O)[C@H](CC(=O)O)NC(=O)CNC(=O)[C@H](CO)NC(=O)[C@@H](N)CO)C(=O)O. The van der Waals surface area contributed by atoms with Crippen LogP contribution in [0.5, 0.6) is 0 Å². The molecule has 0 unspecified atom stereocenters. The number of carbonyl (C=O) groups excluding carboxylic acids is 5. The maximum Gasteiger partial charge on any atom is 0.328 e. The van der Waals surface area contributed by atoms with Gasteiger partial charge in [-0.3, -0.25) is 33.6 Å². The first-order valence-electron chi connectivity index (χ1n) is 11.8. The minimum absolute atomic E-state index is 0.586. The maximum atomic E-state index is 12.8. The molecule has 0 bridgehead atoms. The topological polar surface area (TPSA) is 344 Å². The first-order chi connectivity index (χ1) is 19.0. The first kappa shape index (κ1) is 36.6. The van der Waals surface area contributed by atoms with E-state index >= 15 is 0 Å². The Morgan fingerprint density at radius 1 is 0.707 bits per heavy atom. The van der Waals surface area contributed by atoms with Gasteiger partial charge < -0.3 is 63.0 Å². The molecule has 0 aromatic heterocycles. The van der Waals surface area contributed by atoms with Crippen molar-refractivity contribution in [2.45, 2.75) is 62.5 Å². The molecule has 0 fully saturated rings. The number of hydrogen-bond donors (Lipinski definition) is 12. The highest BCUT2D eigenvalue weighted by molar-refractivity contribution is 5.96. The number of amides is 5. The van der Waals surface area contributed by atoms with Gasteiger partial charge >= 0.3 is 17.9 Å². The van der Waals surface area contributed by atoms with Gasteiger partial charge in [-0.15, -0.1) is 0 Å². The van der Waals surface area contributed by atoms with E-state index in [1.807, 2.05) is 26.6 Å². The van der Waals surface area contributed by atoms with Crippen LogP contribution in [0.3, 0.4) is 0 Å². The summed E-state index contributed by atoms with van der Waals surface area (Å²) < 4.78 is 0. The largest absolute Gasteiger partial charge is 0.481 e. The molecule has 0 aromatic rings. The minimum Gasteiger partial charge on any atom is -0.481 e. The number of nitrogens with two attached hydrogens (primary N) is 1. The van der Waals surface area contributed by atoms with Crippen molar-refractivity contribution in [3.8, 4) is 0 Å². The molecule has 0 radical (unpaired) electrons. The lowest BCUT2D eigenvalue weighted by atomic mass is 10.1. The summed E-state index contributed by atoms with van der Waals surface area (Å²) in [5.74, 6) is -10.4. The zero-order valence-corrected chi connectivity index (χ0v) is 21.7. The quantitative estimate of drug-likeness (QED) is 0.0661. The zero-order chi connectivity index (χ0) is 31.9. The number of carboxylic acid groups (broad SMARTS) is 3. The molecule has 0 rings (SSSR count). The van der Waals surface area contributed by atoms with Crippen LogP contribution in [-0.4, -0.2) is 134 Å². The molecule has 0 aliphatic rings. The van der Waals surface area contributed by atoms with Crippen molar-refractivity contribution in [3.05, 3.63) is 0 Å². The van der Waals surface area contributed by atoms with E-state index in [1.165, 1.54) is 0 Å². The highest BCUT2D eigenvalue weighted by Crippen LogP contribution is 2.04. The van der Waals surface area contributed by atoms with Gasteiger partial charge in [0.1, 0.15) is 24.2 Å². The van der Waals surface area contributed by atoms with Crippen LogP contribution in [0, 0.1) is 0 Å². The molecule has 0 aliphatic carbocycles. The van der Waals surface area contributed by atoms with Crippen LogP contribution in [-0.2, 0) is 38.4 Å². The molecule has 20 heteroatoms. The lowest BCUT2D eigenvalue weighted by molar-refractivity contribution is -0.146. The van der Waals surface area contributed by atoms with E-state index in [4.69, 9.17) is 26.2 Å². The molecule has 0 aliphatic heterocycles. The minimum atomic E-state index is -1.88. The molecule has 41 heavy (non-hydrogen) atoms. The van der Waals surface area contributed by atoms with Crippen molar-refractivity contribution in [1.29, 1.82) is 0 Å². The average molecular weight is 595 g/mol. The number of carbonyl (C=O) groups is 8. The van der Waals surface area contributed by atoms with Gasteiger partial charge in [-0.2, -0.15) is 0 Å². The van der Waals surface area contributed by atoms with Gasteiger partial charge in [0.2, 0.25) is 29.5 Å². The van der Waals surface area contributed by atoms with Crippen LogP contribution in [0.15, 0.2) is 0 Å². The van der Waals surface area contributed by atoms with Gasteiger partial charge in [-0.05, 0) is 13.3 Å². The summed E-state index contributed by atoms with van der Waals surface area (Å²) in [7, 11) is 0. The van der Waals surface area contributed by atoms with Gasteiger partial charge in [0, 0.05) is 6.42 Å². The predicted molar refractivity (Wildman–Crippen MR) is 131 cm³/mol. The van der Waals surface area contributed by atoms with Gasteiger partial charge in [-0.25, -0.2) is 4.79 Å². The summed E-state index contributed by atoms with van der Waals surface area (Å²) in [6.07, 6.45) is -3.92. The van der Waals surface area contributed by atoms with Crippen LogP contribution >= 0.6 is 0 Å². The summed E-state index contributed by atoms with van der Waals surface area (Å²) in [6.45, 7) is -1.54. The summed E-state index contributed by atoms with van der Waals surface area (Å²) >= 11 is 0. The van der Waals surface area contributed by atoms with Gasteiger partial charge in [-0.1, -0.05) is 0 Å². The fraction of sp³-hybridized carbons (Fsp3) is 0.619. The normalized spacial score (nSPS) is 15.0. The Kier molecular flexibility index (Phi) is 16.1. The third-order valence-electron chi connectivity index (χ3n) is 5.13. The number of hydrogen-bond acceptors (Lipinski definition) is 12. The Balaban J connectivity index is 5.50. The van der Waals surface area contributed by atoms with Gasteiger partial charge in [0.25, 0.3) is 0 Å². The first-order valence-corrected chi connectivity index (χ1v) is 11.8. The number of aliphatic carboxylic acids is 3. The molecular weight excluding hydrogens is 560 g/mol. The Morgan fingerprint density at radius 2 is 1.27 bits per heavy atom. The lowest BCUT2D eigenvalue weighted by Crippen LogP contribution is -2.58. The predicted octanol–water partition coefficient (Wildman–Crippen LogP) is -6.84. The van der Waals surface area contributed by atoms with E-state index in [0.29, 0.717) is 0 Å². The Hall–Kier alpha value is -4.40. The zero-order valence-electron chi connectivity index (χ0n) is 21.7. The summed E-state index contributed by atoms with van der Waals surface area (Å²) in [5.41, 5.74) is 5.28. The third-order valence-corrected chi connectivity index (χ3v) is 5.13. The third kappa shape index (κ3) is 14.0. The van der Waals surface area contributed by atoms with Crippen molar-refractivity contribution >= 4 is 47.4 Å².